The number of hydrogen-bond acceptors (Lipinski definition) is 3. The number of rotatable bonds is 8. The van der Waals surface area contributed by atoms with Crippen LogP contribution < -0.4 is 9.30 Å². The van der Waals surface area contributed by atoms with Crippen molar-refractivity contribution in [1.29, 1.82) is 0 Å². The van der Waals surface area contributed by atoms with Gasteiger partial charge in [0.1, 0.15) is 5.82 Å². The summed E-state index contributed by atoms with van der Waals surface area (Å²) in [6.45, 7) is 24.3. The predicted octanol–water partition coefficient (Wildman–Crippen LogP) is 14.4. The van der Waals surface area contributed by atoms with Crippen LogP contribution in [0.5, 0.6) is 11.5 Å². The first-order valence-corrected chi connectivity index (χ1v) is 22.5. The Balaban J connectivity index is 0.00000659. The molecule has 0 fully saturated rings. The maximum absolute atomic E-state index is 9.35. The van der Waals surface area contributed by atoms with E-state index in [-0.39, 0.29) is 31.9 Å². The number of aromatic nitrogens is 5. The Hall–Kier alpha value is -5.84. The molecule has 0 saturated heterocycles. The van der Waals surface area contributed by atoms with Crippen LogP contribution in [0.15, 0.2) is 128 Å². The summed E-state index contributed by atoms with van der Waals surface area (Å²) in [6, 6.07) is 43.9. The van der Waals surface area contributed by atoms with Gasteiger partial charge < -0.3 is 18.9 Å². The molecule has 0 N–H and O–H groups in total. The van der Waals surface area contributed by atoms with Gasteiger partial charge in [0.25, 0.3) is 6.33 Å². The average molecular weight is 1060 g/mol. The number of fused-ring (bicyclic) bond motifs is 4. The Bertz CT molecular complexity index is 3380. The molecule has 0 saturated carbocycles. The largest absolute Gasteiger partial charge is 0.508 e. The van der Waals surface area contributed by atoms with Crippen LogP contribution in [0.4, 0.5) is 0 Å². The van der Waals surface area contributed by atoms with Gasteiger partial charge in [-0.2, -0.15) is 6.07 Å². The molecule has 6 nitrogen and oxygen atoms in total. The van der Waals surface area contributed by atoms with Crippen LogP contribution in [0, 0.1) is 29.3 Å². The number of ether oxygens (including phenoxy) is 1. The van der Waals surface area contributed by atoms with Crippen molar-refractivity contribution >= 4 is 32.8 Å². The van der Waals surface area contributed by atoms with Crippen molar-refractivity contribution in [2.75, 3.05) is 0 Å². The minimum absolute atomic E-state index is 0. The van der Waals surface area contributed by atoms with Crippen molar-refractivity contribution in [3.05, 3.63) is 168 Å². The molecule has 9 rings (SSSR count). The second-order valence-corrected chi connectivity index (χ2v) is 21.3. The van der Waals surface area contributed by atoms with Gasteiger partial charge in [-0.05, 0) is 110 Å². The van der Waals surface area contributed by atoms with E-state index >= 15 is 0 Å². The summed E-state index contributed by atoms with van der Waals surface area (Å²) in [7, 11) is 0. The van der Waals surface area contributed by atoms with E-state index in [1.54, 1.807) is 18.5 Å². The van der Waals surface area contributed by atoms with Gasteiger partial charge in [-0.1, -0.05) is 167 Å². The van der Waals surface area contributed by atoms with Crippen molar-refractivity contribution in [1.82, 2.24) is 19.1 Å². The van der Waals surface area contributed by atoms with E-state index in [4.69, 9.17) is 9.72 Å². The van der Waals surface area contributed by atoms with E-state index in [9.17, 15) is 5.48 Å². The smallest absolute Gasteiger partial charge is 0.268 e. The topological polar surface area (TPSA) is 48.8 Å². The van der Waals surface area contributed by atoms with Gasteiger partial charge >= 0.3 is 0 Å². The summed E-state index contributed by atoms with van der Waals surface area (Å²) in [5.74, 6) is 1.64. The first kappa shape index (κ1) is 41.6. The van der Waals surface area contributed by atoms with Crippen molar-refractivity contribution in [3.63, 3.8) is 0 Å². The SMILES string of the molecule is [2H]C([2H])(c1cc(-[n+]2[c-]n(-c3[c-]c(Oc4[c-]c5c(cc4)c4cc(-c6ccccc6)ccc4n5-c4cc(C(C)(C)C)ccn4)cnc3)c3ccc(C(C)(C)C)cc32)cc(C([2H])([2H])C(C)(C)C)c1)C(C)(C)C.[Pt]. The maximum Gasteiger partial charge on any atom is 0.268 e. The third-order valence-electron chi connectivity index (χ3n) is 11.4. The molecule has 0 radical (unpaired) electrons. The molecule has 0 bridgehead atoms. The Morgan fingerprint density at radius 3 is 1.95 bits per heavy atom. The number of benzene rings is 5. The normalized spacial score (nSPS) is 13.9. The molecule has 4 heterocycles. The van der Waals surface area contributed by atoms with E-state index in [2.05, 4.69) is 148 Å². The molecule has 0 unspecified atom stereocenters. The zero-order chi connectivity index (χ0) is 49.6. The molecule has 9 aromatic rings. The molecule has 0 spiro atoms. The molecule has 66 heavy (non-hydrogen) atoms. The monoisotopic (exact) mass is 1050 g/mol. The molecule has 4 aromatic heterocycles. The minimum atomic E-state index is -1.79. The fraction of sp³-hybridized carbons (Fsp3) is 0.305. The average Bonchev–Trinajstić information content (AvgIpc) is 3.83. The zero-order valence-electron chi connectivity index (χ0n) is 44.1. The van der Waals surface area contributed by atoms with E-state index in [0.717, 1.165) is 55.3 Å². The summed E-state index contributed by atoms with van der Waals surface area (Å²) in [6.07, 6.45) is 5.20. The molecule has 0 amide bonds. The van der Waals surface area contributed by atoms with Gasteiger partial charge in [0, 0.05) is 49.8 Å². The van der Waals surface area contributed by atoms with Crippen LogP contribution in [-0.2, 0) is 44.6 Å². The van der Waals surface area contributed by atoms with Gasteiger partial charge in [-0.3, -0.25) is 4.57 Å². The maximum atomic E-state index is 9.35. The fourth-order valence-corrected chi connectivity index (χ4v) is 8.39. The Kier molecular flexibility index (Phi) is 11.0. The molecule has 5 aromatic carbocycles. The third kappa shape index (κ3) is 9.81. The number of nitrogens with zero attached hydrogens (tertiary/aromatic N) is 5. The summed E-state index contributed by atoms with van der Waals surface area (Å²) in [5, 5.41) is 2.09. The standard InChI is InChI=1S/C59H61N5O.Pt/c1-56(2,3)34-39-26-40(35-57(4,5)6)28-45(27-39)62-38-63(52-23-19-43(30-54(52)62)58(7,8)9)46-32-48(37-60-36-46)65-47-20-21-49-50-29-42(41-16-14-13-15-17-41)18-22-51(50)64(53(49)33-47)55-31-44(24-25-61-55)59(10,11)12;/h13-31,36-37H,34-35H2,1-12H3;/q-2;/i34D2,35D2;. The van der Waals surface area contributed by atoms with Gasteiger partial charge in [-0.15, -0.1) is 23.6 Å². The Morgan fingerprint density at radius 2 is 1.29 bits per heavy atom. The second kappa shape index (κ2) is 17.4. The summed E-state index contributed by atoms with van der Waals surface area (Å²) in [5.41, 5.74) is 8.09. The number of hydrogen-bond donors (Lipinski definition) is 0. The van der Waals surface area contributed by atoms with Gasteiger partial charge in [0.05, 0.1) is 16.7 Å². The van der Waals surface area contributed by atoms with Crippen LogP contribution >= 0.6 is 0 Å². The Labute approximate surface area is 411 Å². The van der Waals surface area contributed by atoms with Gasteiger partial charge in [-0.25, -0.2) is 4.98 Å². The molecular weight excluding hydrogens is 990 g/mol. The molecule has 0 aliphatic heterocycles. The molecule has 0 aliphatic rings. The molecular formula is C59H61N5OPt-2. The van der Waals surface area contributed by atoms with E-state index in [1.807, 2.05) is 81.1 Å². The first-order valence-electron chi connectivity index (χ1n) is 24.5. The van der Waals surface area contributed by atoms with Crippen molar-refractivity contribution in [2.24, 2.45) is 10.8 Å². The summed E-state index contributed by atoms with van der Waals surface area (Å²) in [4.78, 5) is 9.55. The van der Waals surface area contributed by atoms with Crippen LogP contribution in [0.1, 0.15) is 111 Å². The predicted molar refractivity (Wildman–Crippen MR) is 267 cm³/mol. The molecule has 7 heteroatoms. The fourth-order valence-electron chi connectivity index (χ4n) is 8.39. The summed E-state index contributed by atoms with van der Waals surface area (Å²) >= 11 is 0. The minimum Gasteiger partial charge on any atom is -0.508 e. The molecule has 0 atom stereocenters. The number of imidazole rings is 1. The van der Waals surface area contributed by atoms with E-state index in [1.165, 1.54) is 5.56 Å². The third-order valence-corrected chi connectivity index (χ3v) is 11.4. The quantitative estimate of drug-likeness (QED) is 0.113. The second-order valence-electron chi connectivity index (χ2n) is 21.3. The van der Waals surface area contributed by atoms with Gasteiger partial charge in [0.15, 0.2) is 0 Å². The Morgan fingerprint density at radius 1 is 0.621 bits per heavy atom. The number of pyridine rings is 2. The van der Waals surface area contributed by atoms with Crippen molar-refractivity contribution < 1.29 is 35.9 Å². The first-order chi connectivity index (χ1) is 32.2. The van der Waals surface area contributed by atoms with Crippen LogP contribution in [0.25, 0.3) is 61.2 Å². The van der Waals surface area contributed by atoms with Gasteiger partial charge in [0.2, 0.25) is 0 Å². The van der Waals surface area contributed by atoms with Crippen molar-refractivity contribution in [2.45, 2.75) is 107 Å². The van der Waals surface area contributed by atoms with E-state index < -0.39 is 23.6 Å². The van der Waals surface area contributed by atoms with E-state index in [0.29, 0.717) is 34.0 Å². The molecule has 340 valence electrons. The molecule has 0 aliphatic carbocycles. The van der Waals surface area contributed by atoms with Crippen LogP contribution in [0.3, 0.4) is 0 Å². The van der Waals surface area contributed by atoms with Crippen molar-refractivity contribution in [3.8, 4) is 39.8 Å². The summed E-state index contributed by atoms with van der Waals surface area (Å²) < 4.78 is 50.0. The van der Waals surface area contributed by atoms with Crippen LogP contribution in [0.2, 0.25) is 0 Å². The van der Waals surface area contributed by atoms with Crippen LogP contribution in [-0.4, -0.2) is 19.1 Å². The zero-order valence-corrected chi connectivity index (χ0v) is 42.4.